The fraction of sp³-hybridized carbons (Fsp3) is 0.0952. The average Bonchev–Trinajstić information content (AvgIpc) is 2.69. The van der Waals surface area contributed by atoms with Crippen LogP contribution in [0.1, 0.15) is 29.3 Å². The van der Waals surface area contributed by atoms with Crippen molar-refractivity contribution in [2.75, 3.05) is 0 Å². The van der Waals surface area contributed by atoms with Crippen LogP contribution >= 0.6 is 15.9 Å². The van der Waals surface area contributed by atoms with Crippen molar-refractivity contribution in [3.63, 3.8) is 0 Å². The number of pyridine rings is 1. The van der Waals surface area contributed by atoms with Gasteiger partial charge >= 0.3 is 0 Å². The van der Waals surface area contributed by atoms with Gasteiger partial charge in [-0.2, -0.15) is 5.10 Å². The van der Waals surface area contributed by atoms with Gasteiger partial charge in [0.2, 0.25) is 0 Å². The second-order valence-electron chi connectivity index (χ2n) is 5.69. The van der Waals surface area contributed by atoms with Gasteiger partial charge in [-0.1, -0.05) is 61.5 Å². The maximum absolute atomic E-state index is 12.2. The monoisotopic (exact) mass is 407 g/mol. The fourth-order valence-electron chi connectivity index (χ4n) is 2.55. The van der Waals surface area contributed by atoms with Gasteiger partial charge in [-0.15, -0.1) is 0 Å². The minimum atomic E-state index is -0.286. The topological polar surface area (TPSA) is 54.4 Å². The van der Waals surface area contributed by atoms with Gasteiger partial charge < -0.3 is 0 Å². The van der Waals surface area contributed by atoms with Crippen LogP contribution in [0, 0.1) is 0 Å². The van der Waals surface area contributed by atoms with Crippen molar-refractivity contribution < 1.29 is 4.79 Å². The van der Waals surface area contributed by atoms with Crippen molar-refractivity contribution >= 4 is 27.5 Å². The van der Waals surface area contributed by atoms with Crippen LogP contribution in [-0.4, -0.2) is 16.6 Å². The molecule has 0 saturated carbocycles. The van der Waals surface area contributed by atoms with E-state index >= 15 is 0 Å². The van der Waals surface area contributed by atoms with Crippen LogP contribution in [-0.2, 0) is 0 Å². The van der Waals surface area contributed by atoms with E-state index in [1.165, 1.54) is 11.8 Å². The van der Waals surface area contributed by atoms with Gasteiger partial charge in [-0.25, -0.2) is 5.43 Å². The molecule has 26 heavy (non-hydrogen) atoms. The third-order valence-corrected chi connectivity index (χ3v) is 4.35. The Kier molecular flexibility index (Phi) is 5.92. The molecule has 1 N–H and O–H groups in total. The maximum atomic E-state index is 12.2. The molecule has 0 aliphatic heterocycles. The average molecular weight is 408 g/mol. The molecule has 0 aliphatic rings. The number of hydrogen-bond donors (Lipinski definition) is 1. The van der Waals surface area contributed by atoms with E-state index in [-0.39, 0.29) is 5.91 Å². The summed E-state index contributed by atoms with van der Waals surface area (Å²) in [5.74, 6) is -0.286. The Hall–Kier alpha value is -2.79. The Morgan fingerprint density at radius 3 is 2.35 bits per heavy atom. The highest BCUT2D eigenvalue weighted by Crippen LogP contribution is 2.20. The molecule has 1 heterocycles. The minimum absolute atomic E-state index is 0.286. The molecule has 3 aromatic rings. The Morgan fingerprint density at radius 2 is 1.69 bits per heavy atom. The summed E-state index contributed by atoms with van der Waals surface area (Å²) in [4.78, 5) is 16.2. The van der Waals surface area contributed by atoms with E-state index < -0.39 is 0 Å². The third kappa shape index (κ3) is 4.43. The lowest BCUT2D eigenvalue weighted by atomic mass is 10.0. The zero-order chi connectivity index (χ0) is 18.4. The zero-order valence-corrected chi connectivity index (χ0v) is 15.9. The molecule has 0 aliphatic carbocycles. The first-order valence-corrected chi connectivity index (χ1v) is 9.10. The van der Waals surface area contributed by atoms with Crippen molar-refractivity contribution in [2.24, 2.45) is 5.10 Å². The predicted octanol–water partition coefficient (Wildman–Crippen LogP) is 5.06. The van der Waals surface area contributed by atoms with Gasteiger partial charge in [-0.3, -0.25) is 9.78 Å². The standard InChI is InChI=1S/C21H18BrN3O/c1-2-20(24-25-21(26)18-12-19(22)14-23-13-18)17-10-8-16(9-11-17)15-6-4-3-5-7-15/h3-14H,2H2,1H3,(H,25,26)/b24-20-. The summed E-state index contributed by atoms with van der Waals surface area (Å²) >= 11 is 3.31. The van der Waals surface area contributed by atoms with Crippen LogP contribution in [0.3, 0.4) is 0 Å². The molecule has 2 aromatic carbocycles. The van der Waals surface area contributed by atoms with Crippen molar-refractivity contribution in [3.8, 4) is 11.1 Å². The number of halogens is 1. The molecule has 0 saturated heterocycles. The molecular formula is C21H18BrN3O. The molecule has 3 rings (SSSR count). The van der Waals surface area contributed by atoms with Crippen LogP contribution in [0.4, 0.5) is 0 Å². The number of nitrogens with one attached hydrogen (secondary N) is 1. The number of rotatable bonds is 5. The summed E-state index contributed by atoms with van der Waals surface area (Å²) in [5, 5.41) is 4.29. The molecule has 0 atom stereocenters. The summed E-state index contributed by atoms with van der Waals surface area (Å²) in [5.41, 5.74) is 7.19. The van der Waals surface area contributed by atoms with Crippen LogP contribution in [0.5, 0.6) is 0 Å². The molecule has 0 unspecified atom stereocenters. The smallest absolute Gasteiger partial charge is 0.267 e. The lowest BCUT2D eigenvalue weighted by Gasteiger charge is -2.07. The third-order valence-electron chi connectivity index (χ3n) is 3.92. The molecule has 0 bridgehead atoms. The highest BCUT2D eigenvalue weighted by Gasteiger charge is 2.07. The molecule has 0 spiro atoms. The van der Waals surface area contributed by atoms with Gasteiger partial charge in [0.25, 0.3) is 5.91 Å². The number of carbonyl (C=O) groups excluding carboxylic acids is 1. The lowest BCUT2D eigenvalue weighted by Crippen LogP contribution is -2.20. The van der Waals surface area contributed by atoms with Crippen LogP contribution in [0.2, 0.25) is 0 Å². The Labute approximate surface area is 161 Å². The first kappa shape index (κ1) is 18.0. The molecule has 0 radical (unpaired) electrons. The summed E-state index contributed by atoms with van der Waals surface area (Å²) in [7, 11) is 0. The second kappa shape index (κ2) is 8.54. The number of hydrogen-bond acceptors (Lipinski definition) is 3. The number of amides is 1. The van der Waals surface area contributed by atoms with Crippen molar-refractivity contribution in [2.45, 2.75) is 13.3 Å². The van der Waals surface area contributed by atoms with Crippen molar-refractivity contribution in [1.82, 2.24) is 10.4 Å². The summed E-state index contributed by atoms with van der Waals surface area (Å²) in [6.45, 7) is 2.01. The Morgan fingerprint density at radius 1 is 1.00 bits per heavy atom. The first-order valence-electron chi connectivity index (χ1n) is 8.30. The normalized spacial score (nSPS) is 11.2. The SMILES string of the molecule is CC/C(=N/NC(=O)c1cncc(Br)c1)c1ccc(-c2ccccc2)cc1. The number of nitrogens with zero attached hydrogens (tertiary/aromatic N) is 2. The van der Waals surface area contributed by atoms with Crippen LogP contribution < -0.4 is 5.43 Å². The lowest BCUT2D eigenvalue weighted by molar-refractivity contribution is 0.0954. The summed E-state index contributed by atoms with van der Waals surface area (Å²) in [6.07, 6.45) is 3.85. The number of hydrazone groups is 1. The van der Waals surface area contributed by atoms with E-state index in [1.54, 1.807) is 12.3 Å². The Balaban J connectivity index is 1.76. The van der Waals surface area contributed by atoms with Crippen molar-refractivity contribution in [3.05, 3.63) is 88.7 Å². The summed E-state index contributed by atoms with van der Waals surface area (Å²) in [6, 6.07) is 20.1. The van der Waals surface area contributed by atoms with E-state index in [0.717, 1.165) is 21.3 Å². The fourth-order valence-corrected chi connectivity index (χ4v) is 2.92. The highest BCUT2D eigenvalue weighted by molar-refractivity contribution is 9.10. The van der Waals surface area contributed by atoms with E-state index in [0.29, 0.717) is 12.0 Å². The highest BCUT2D eigenvalue weighted by atomic mass is 79.9. The number of aromatic nitrogens is 1. The minimum Gasteiger partial charge on any atom is -0.267 e. The van der Waals surface area contributed by atoms with E-state index in [1.807, 2.05) is 37.3 Å². The maximum Gasteiger partial charge on any atom is 0.272 e. The molecule has 1 aromatic heterocycles. The van der Waals surface area contributed by atoms with Gasteiger partial charge in [0, 0.05) is 16.9 Å². The molecule has 5 heteroatoms. The Bertz CT molecular complexity index is 922. The molecule has 4 nitrogen and oxygen atoms in total. The van der Waals surface area contributed by atoms with Gasteiger partial charge in [0.1, 0.15) is 0 Å². The van der Waals surface area contributed by atoms with E-state index in [4.69, 9.17) is 0 Å². The van der Waals surface area contributed by atoms with Crippen LogP contribution in [0.25, 0.3) is 11.1 Å². The summed E-state index contributed by atoms with van der Waals surface area (Å²) < 4.78 is 0.751. The molecule has 1 amide bonds. The van der Waals surface area contributed by atoms with Gasteiger partial charge in [0.05, 0.1) is 11.3 Å². The van der Waals surface area contributed by atoms with Gasteiger partial charge in [-0.05, 0) is 45.1 Å². The van der Waals surface area contributed by atoms with Crippen LogP contribution in [0.15, 0.2) is 82.6 Å². The van der Waals surface area contributed by atoms with Crippen molar-refractivity contribution in [1.29, 1.82) is 0 Å². The predicted molar refractivity (Wildman–Crippen MR) is 108 cm³/mol. The van der Waals surface area contributed by atoms with Gasteiger partial charge in [0.15, 0.2) is 0 Å². The molecule has 0 fully saturated rings. The quantitative estimate of drug-likeness (QED) is 0.474. The van der Waals surface area contributed by atoms with E-state index in [2.05, 4.69) is 55.7 Å². The second-order valence-corrected chi connectivity index (χ2v) is 6.60. The molecule has 130 valence electrons. The largest absolute Gasteiger partial charge is 0.272 e. The zero-order valence-electron chi connectivity index (χ0n) is 14.3. The number of benzene rings is 2. The van der Waals surface area contributed by atoms with E-state index in [9.17, 15) is 4.79 Å². The number of carbonyl (C=O) groups is 1. The molecular weight excluding hydrogens is 390 g/mol. The first-order chi connectivity index (χ1) is 12.7.